The predicted octanol–water partition coefficient (Wildman–Crippen LogP) is 1.71. The highest BCUT2D eigenvalue weighted by atomic mass is 16.2. The van der Waals surface area contributed by atoms with E-state index in [0.717, 1.165) is 12.8 Å². The van der Waals surface area contributed by atoms with E-state index < -0.39 is 0 Å². The molecule has 2 aromatic heterocycles. The van der Waals surface area contributed by atoms with Gasteiger partial charge in [-0.2, -0.15) is 0 Å². The van der Waals surface area contributed by atoms with Crippen LogP contribution < -0.4 is 4.90 Å². The smallest absolute Gasteiger partial charge is 0.272 e. The molecule has 8 heteroatoms. The zero-order chi connectivity index (χ0) is 19.9. The fourth-order valence-corrected chi connectivity index (χ4v) is 3.09. The molecule has 0 spiro atoms. The highest BCUT2D eigenvalue weighted by molar-refractivity contribution is 5.96. The number of nitrogens with zero attached hydrogens (tertiary/aromatic N) is 6. The van der Waals surface area contributed by atoms with Crippen LogP contribution in [0, 0.1) is 0 Å². The first-order valence-corrected chi connectivity index (χ1v) is 9.64. The average molecular weight is 382 g/mol. The van der Waals surface area contributed by atoms with Gasteiger partial charge in [0.1, 0.15) is 11.4 Å². The number of carbonyl (C=O) groups excluding carboxylic acids is 2. The zero-order valence-corrected chi connectivity index (χ0v) is 16.4. The summed E-state index contributed by atoms with van der Waals surface area (Å²) in [6.45, 7) is 5.21. The van der Waals surface area contributed by atoms with Gasteiger partial charge in [-0.3, -0.25) is 9.59 Å². The molecule has 0 aromatic carbocycles. The summed E-state index contributed by atoms with van der Waals surface area (Å²) >= 11 is 0. The van der Waals surface area contributed by atoms with E-state index in [1.165, 1.54) is 0 Å². The molecule has 0 bridgehead atoms. The van der Waals surface area contributed by atoms with Gasteiger partial charge in [0, 0.05) is 52.2 Å². The van der Waals surface area contributed by atoms with E-state index in [9.17, 15) is 9.59 Å². The Morgan fingerprint density at radius 1 is 1.04 bits per heavy atom. The molecule has 0 N–H and O–H groups in total. The number of piperazine rings is 1. The van der Waals surface area contributed by atoms with Gasteiger partial charge < -0.3 is 14.7 Å². The van der Waals surface area contributed by atoms with Gasteiger partial charge in [0.15, 0.2) is 0 Å². The normalized spacial score (nSPS) is 14.1. The largest absolute Gasteiger partial charge is 0.340 e. The van der Waals surface area contributed by atoms with Crippen molar-refractivity contribution in [3.63, 3.8) is 0 Å². The highest BCUT2D eigenvalue weighted by Crippen LogP contribution is 2.13. The first-order chi connectivity index (χ1) is 13.6. The molecule has 0 saturated carbocycles. The molecule has 2 amide bonds. The first kappa shape index (κ1) is 19.7. The van der Waals surface area contributed by atoms with Crippen LogP contribution in [0.15, 0.2) is 36.7 Å². The topological polar surface area (TPSA) is 82.5 Å². The van der Waals surface area contributed by atoms with Gasteiger partial charge in [0.05, 0.1) is 0 Å². The van der Waals surface area contributed by atoms with Crippen molar-refractivity contribution in [2.75, 3.05) is 44.7 Å². The van der Waals surface area contributed by atoms with Crippen molar-refractivity contribution in [2.45, 2.75) is 19.8 Å². The Labute approximate surface area is 165 Å². The van der Waals surface area contributed by atoms with Crippen LogP contribution in [-0.2, 0) is 0 Å². The molecule has 0 aliphatic carbocycles. The van der Waals surface area contributed by atoms with Crippen molar-refractivity contribution in [1.29, 1.82) is 0 Å². The Balaban J connectivity index is 1.63. The Bertz CT molecular complexity index is 805. The lowest BCUT2D eigenvalue weighted by Crippen LogP contribution is -2.49. The molecule has 0 atom stereocenters. The molecule has 3 rings (SSSR count). The lowest BCUT2D eigenvalue weighted by atomic mass is 10.2. The van der Waals surface area contributed by atoms with E-state index in [1.807, 2.05) is 0 Å². The minimum atomic E-state index is -0.158. The maximum absolute atomic E-state index is 12.8. The second kappa shape index (κ2) is 9.25. The molecular weight excluding hydrogens is 356 g/mol. The summed E-state index contributed by atoms with van der Waals surface area (Å²) in [5.41, 5.74) is 0.611. The zero-order valence-electron chi connectivity index (χ0n) is 16.4. The second-order valence-electron chi connectivity index (χ2n) is 6.82. The third kappa shape index (κ3) is 4.62. The Morgan fingerprint density at radius 2 is 1.71 bits per heavy atom. The van der Waals surface area contributed by atoms with Crippen molar-refractivity contribution in [1.82, 2.24) is 24.8 Å². The summed E-state index contributed by atoms with van der Waals surface area (Å²) in [4.78, 5) is 43.7. The van der Waals surface area contributed by atoms with Crippen LogP contribution in [-0.4, -0.2) is 76.3 Å². The second-order valence-corrected chi connectivity index (χ2v) is 6.82. The van der Waals surface area contributed by atoms with E-state index in [1.54, 1.807) is 53.5 Å². The van der Waals surface area contributed by atoms with Gasteiger partial charge in [-0.1, -0.05) is 19.4 Å². The maximum atomic E-state index is 12.8. The number of anilines is 1. The van der Waals surface area contributed by atoms with Crippen LogP contribution >= 0.6 is 0 Å². The Kier molecular flexibility index (Phi) is 6.52. The number of unbranched alkanes of at least 4 members (excludes halogenated alkanes) is 1. The van der Waals surface area contributed by atoms with E-state index in [-0.39, 0.29) is 11.8 Å². The lowest BCUT2D eigenvalue weighted by Gasteiger charge is -2.34. The number of aromatic nitrogens is 3. The number of pyridine rings is 1. The summed E-state index contributed by atoms with van der Waals surface area (Å²) in [5.74, 6) is 0.365. The molecule has 0 radical (unpaired) electrons. The molecule has 3 heterocycles. The number of amides is 2. The molecule has 1 fully saturated rings. The average Bonchev–Trinajstić information content (AvgIpc) is 2.77. The van der Waals surface area contributed by atoms with Crippen LogP contribution in [0.4, 0.5) is 5.95 Å². The minimum absolute atomic E-state index is 0.153. The number of hydrogen-bond donors (Lipinski definition) is 0. The van der Waals surface area contributed by atoms with Crippen LogP contribution in [0.5, 0.6) is 0 Å². The summed E-state index contributed by atoms with van der Waals surface area (Å²) in [5, 5.41) is 0. The maximum Gasteiger partial charge on any atom is 0.272 e. The van der Waals surface area contributed by atoms with E-state index >= 15 is 0 Å². The molecule has 1 saturated heterocycles. The van der Waals surface area contributed by atoms with Crippen LogP contribution in [0.1, 0.15) is 40.7 Å². The monoisotopic (exact) mass is 382 g/mol. The fraction of sp³-hybridized carbons (Fsp3) is 0.450. The quantitative estimate of drug-likeness (QED) is 0.756. The Morgan fingerprint density at radius 3 is 2.39 bits per heavy atom. The lowest BCUT2D eigenvalue weighted by molar-refractivity contribution is 0.0739. The number of hydrogen-bond acceptors (Lipinski definition) is 6. The first-order valence-electron chi connectivity index (χ1n) is 9.64. The summed E-state index contributed by atoms with van der Waals surface area (Å²) in [7, 11) is 1.76. The minimum Gasteiger partial charge on any atom is -0.340 e. The molecule has 8 nitrogen and oxygen atoms in total. The summed E-state index contributed by atoms with van der Waals surface area (Å²) in [6.07, 6.45) is 5.38. The molecule has 148 valence electrons. The fourth-order valence-electron chi connectivity index (χ4n) is 3.09. The molecular formula is C20H26N6O2. The van der Waals surface area contributed by atoms with Crippen molar-refractivity contribution in [3.8, 4) is 0 Å². The highest BCUT2D eigenvalue weighted by Gasteiger charge is 2.25. The van der Waals surface area contributed by atoms with Crippen LogP contribution in [0.3, 0.4) is 0 Å². The summed E-state index contributed by atoms with van der Waals surface area (Å²) < 4.78 is 0. The van der Waals surface area contributed by atoms with Gasteiger partial charge in [-0.05, 0) is 24.6 Å². The van der Waals surface area contributed by atoms with Crippen LogP contribution in [0.25, 0.3) is 0 Å². The molecule has 2 aromatic rings. The molecule has 0 unspecified atom stereocenters. The van der Waals surface area contributed by atoms with Gasteiger partial charge in [-0.15, -0.1) is 0 Å². The molecule has 1 aliphatic rings. The SMILES string of the molecule is CCCCN(C)C(=O)c1cccc(C(=O)N2CCN(c3ncccn3)CC2)n1. The predicted molar refractivity (Wildman–Crippen MR) is 106 cm³/mol. The van der Waals surface area contributed by atoms with Gasteiger partial charge in [-0.25, -0.2) is 15.0 Å². The van der Waals surface area contributed by atoms with E-state index in [4.69, 9.17) is 0 Å². The third-order valence-corrected chi connectivity index (χ3v) is 4.78. The summed E-state index contributed by atoms with van der Waals surface area (Å²) in [6, 6.07) is 6.82. The van der Waals surface area contributed by atoms with Crippen molar-refractivity contribution < 1.29 is 9.59 Å². The standard InChI is InChI=1S/C20H26N6O2/c1-3-4-11-24(2)18(27)16-7-5-8-17(23-16)19(28)25-12-14-26(15-13-25)20-21-9-6-10-22-20/h5-10H,3-4,11-15H2,1-2H3. The van der Waals surface area contributed by atoms with Crippen molar-refractivity contribution in [3.05, 3.63) is 48.0 Å². The Hall–Kier alpha value is -3.03. The van der Waals surface area contributed by atoms with Crippen LogP contribution in [0.2, 0.25) is 0 Å². The number of carbonyl (C=O) groups is 2. The van der Waals surface area contributed by atoms with E-state index in [2.05, 4.69) is 26.8 Å². The van der Waals surface area contributed by atoms with Gasteiger partial charge in [0.25, 0.3) is 11.8 Å². The van der Waals surface area contributed by atoms with E-state index in [0.29, 0.717) is 50.1 Å². The molecule has 1 aliphatic heterocycles. The third-order valence-electron chi connectivity index (χ3n) is 4.78. The van der Waals surface area contributed by atoms with Gasteiger partial charge in [0.2, 0.25) is 5.95 Å². The van der Waals surface area contributed by atoms with Crippen molar-refractivity contribution >= 4 is 17.8 Å². The number of rotatable bonds is 6. The van der Waals surface area contributed by atoms with Crippen molar-refractivity contribution in [2.24, 2.45) is 0 Å². The molecule has 28 heavy (non-hydrogen) atoms. The van der Waals surface area contributed by atoms with Gasteiger partial charge >= 0.3 is 0 Å².